The minimum absolute atomic E-state index is 0.330. The smallest absolute Gasteiger partial charge is 0.408 e. The van der Waals surface area contributed by atoms with E-state index in [0.29, 0.717) is 29.1 Å². The van der Waals surface area contributed by atoms with Crippen LogP contribution in [-0.2, 0) is 4.74 Å². The van der Waals surface area contributed by atoms with Crippen molar-refractivity contribution in [2.24, 2.45) is 11.0 Å². The number of nitrogens with zero attached hydrogens (tertiary/aromatic N) is 4. The van der Waals surface area contributed by atoms with Crippen LogP contribution in [0, 0.1) is 12.8 Å². The van der Waals surface area contributed by atoms with E-state index >= 15 is 0 Å². The molecule has 1 amide bonds. The molecule has 2 heterocycles. The molecule has 0 aliphatic carbocycles. The highest BCUT2D eigenvalue weighted by Crippen LogP contribution is 2.29. The van der Waals surface area contributed by atoms with Crippen LogP contribution in [0.15, 0.2) is 28.5 Å². The number of halogens is 1. The van der Waals surface area contributed by atoms with Gasteiger partial charge in [0.2, 0.25) is 5.16 Å². The number of hydrogen-bond donors (Lipinski definition) is 1. The van der Waals surface area contributed by atoms with Gasteiger partial charge in [0.15, 0.2) is 5.82 Å². The number of rotatable bonds is 5. The summed E-state index contributed by atoms with van der Waals surface area (Å²) in [5, 5.41) is 17.8. The van der Waals surface area contributed by atoms with Crippen molar-refractivity contribution in [3.05, 3.63) is 40.2 Å². The summed E-state index contributed by atoms with van der Waals surface area (Å²) < 4.78 is 7.18. The predicted octanol–water partition coefficient (Wildman–Crippen LogP) is 5.21. The molecule has 30 heavy (non-hydrogen) atoms. The standard InChI is InChI=1S/C21H28ClN5O2S/c1-12(2)9-16(23-20(28)29-21(4,5)6)18-24-25-19-27(18)26-17(11-30-19)14-7-8-15(22)13(3)10-14/h7-8,10,12,16H,9,11H2,1-6H3,(H,23,28). The Labute approximate surface area is 186 Å². The van der Waals surface area contributed by atoms with Crippen LogP contribution in [0.2, 0.25) is 5.02 Å². The number of carbonyl (C=O) groups is 1. The van der Waals surface area contributed by atoms with Crippen molar-refractivity contribution in [1.82, 2.24) is 20.2 Å². The second-order valence-electron chi connectivity index (χ2n) is 8.78. The highest BCUT2D eigenvalue weighted by molar-refractivity contribution is 7.99. The Morgan fingerprint density at radius 2 is 2.07 bits per heavy atom. The number of hydrogen-bond acceptors (Lipinski definition) is 6. The van der Waals surface area contributed by atoms with Gasteiger partial charge in [-0.2, -0.15) is 9.78 Å². The predicted molar refractivity (Wildman–Crippen MR) is 120 cm³/mol. The summed E-state index contributed by atoms with van der Waals surface area (Å²) in [6, 6.07) is 5.51. The third-order valence-corrected chi connectivity index (χ3v) is 5.75. The van der Waals surface area contributed by atoms with Gasteiger partial charge in [-0.15, -0.1) is 10.2 Å². The van der Waals surface area contributed by atoms with Gasteiger partial charge in [-0.1, -0.05) is 43.3 Å². The molecular weight excluding hydrogens is 422 g/mol. The van der Waals surface area contributed by atoms with Crippen LogP contribution < -0.4 is 5.32 Å². The van der Waals surface area contributed by atoms with Crippen LogP contribution in [0.5, 0.6) is 0 Å². The number of ether oxygens (including phenoxy) is 1. The fraction of sp³-hybridized carbons (Fsp3) is 0.524. The van der Waals surface area contributed by atoms with Crippen LogP contribution in [0.4, 0.5) is 4.79 Å². The van der Waals surface area contributed by atoms with Crippen molar-refractivity contribution in [1.29, 1.82) is 0 Å². The number of carbonyl (C=O) groups excluding carboxylic acids is 1. The summed E-state index contributed by atoms with van der Waals surface area (Å²) in [6.45, 7) is 11.7. The van der Waals surface area contributed by atoms with E-state index in [1.165, 1.54) is 0 Å². The molecule has 7 nitrogen and oxygen atoms in total. The van der Waals surface area contributed by atoms with Crippen molar-refractivity contribution < 1.29 is 9.53 Å². The molecule has 0 fully saturated rings. The van der Waals surface area contributed by atoms with E-state index < -0.39 is 11.7 Å². The number of nitrogens with one attached hydrogen (secondary N) is 1. The van der Waals surface area contributed by atoms with Crippen LogP contribution >= 0.6 is 23.4 Å². The summed E-state index contributed by atoms with van der Waals surface area (Å²) in [5.41, 5.74) is 2.34. The van der Waals surface area contributed by atoms with E-state index in [0.717, 1.165) is 21.9 Å². The third kappa shape index (κ3) is 5.55. The van der Waals surface area contributed by atoms with Gasteiger partial charge in [0.1, 0.15) is 5.60 Å². The Morgan fingerprint density at radius 3 is 2.70 bits per heavy atom. The highest BCUT2D eigenvalue weighted by atomic mass is 35.5. The van der Waals surface area contributed by atoms with Gasteiger partial charge < -0.3 is 10.1 Å². The van der Waals surface area contributed by atoms with Gasteiger partial charge in [-0.05, 0) is 63.3 Å². The zero-order valence-corrected chi connectivity index (χ0v) is 19.8. The Hall–Kier alpha value is -2.06. The molecule has 1 unspecified atom stereocenters. The summed E-state index contributed by atoms with van der Waals surface area (Å²) in [7, 11) is 0. The SMILES string of the molecule is Cc1cc(C2=Nn3c(nnc3C(CC(C)C)NC(=O)OC(C)(C)C)SC2)ccc1Cl. The summed E-state index contributed by atoms with van der Waals surface area (Å²) in [4.78, 5) is 12.4. The van der Waals surface area contributed by atoms with Gasteiger partial charge in [0.25, 0.3) is 0 Å². The summed E-state index contributed by atoms with van der Waals surface area (Å²) in [5.74, 6) is 1.62. The van der Waals surface area contributed by atoms with Crippen molar-refractivity contribution in [2.75, 3.05) is 5.75 Å². The molecule has 0 spiro atoms. The first kappa shape index (κ1) is 22.6. The first-order chi connectivity index (χ1) is 14.0. The Balaban J connectivity index is 1.93. The lowest BCUT2D eigenvalue weighted by Crippen LogP contribution is -2.36. The van der Waals surface area contributed by atoms with Crippen LogP contribution in [0.1, 0.15) is 64.0 Å². The van der Waals surface area contributed by atoms with Crippen molar-refractivity contribution in [3.63, 3.8) is 0 Å². The minimum atomic E-state index is -0.579. The Morgan fingerprint density at radius 1 is 1.33 bits per heavy atom. The number of fused-ring (bicyclic) bond motifs is 1. The molecular formula is C21H28ClN5O2S. The molecule has 1 aromatic heterocycles. The van der Waals surface area contributed by atoms with E-state index in [1.54, 1.807) is 16.4 Å². The summed E-state index contributed by atoms with van der Waals surface area (Å²) in [6.07, 6.45) is 0.207. The molecule has 1 aromatic carbocycles. The van der Waals surface area contributed by atoms with Gasteiger partial charge in [-0.25, -0.2) is 4.79 Å². The molecule has 1 N–H and O–H groups in total. The lowest BCUT2D eigenvalue weighted by Gasteiger charge is -2.24. The first-order valence-corrected chi connectivity index (χ1v) is 11.3. The van der Waals surface area contributed by atoms with Crippen molar-refractivity contribution in [2.45, 2.75) is 64.8 Å². The van der Waals surface area contributed by atoms with E-state index in [9.17, 15) is 4.79 Å². The van der Waals surface area contributed by atoms with E-state index in [2.05, 4.69) is 29.4 Å². The second-order valence-corrected chi connectivity index (χ2v) is 10.1. The molecule has 1 aliphatic rings. The Kier molecular flexibility index (Phi) is 6.77. The normalized spacial score (nSPS) is 14.9. The first-order valence-electron chi connectivity index (χ1n) is 9.95. The molecule has 0 saturated carbocycles. The fourth-order valence-electron chi connectivity index (χ4n) is 3.08. The maximum Gasteiger partial charge on any atom is 0.408 e. The zero-order chi connectivity index (χ0) is 22.1. The lowest BCUT2D eigenvalue weighted by atomic mass is 10.0. The molecule has 162 valence electrons. The van der Waals surface area contributed by atoms with Gasteiger partial charge in [0, 0.05) is 10.8 Å². The number of alkyl carbamates (subject to hydrolysis) is 1. The van der Waals surface area contributed by atoms with Crippen molar-refractivity contribution >= 4 is 35.2 Å². The number of thioether (sulfide) groups is 1. The van der Waals surface area contributed by atoms with Crippen molar-refractivity contribution in [3.8, 4) is 0 Å². The number of aromatic nitrogens is 3. The van der Waals surface area contributed by atoms with Gasteiger partial charge >= 0.3 is 6.09 Å². The van der Waals surface area contributed by atoms with Crippen LogP contribution in [-0.4, -0.2) is 38.0 Å². The highest BCUT2D eigenvalue weighted by Gasteiger charge is 2.28. The van der Waals surface area contributed by atoms with E-state index in [1.807, 2.05) is 45.9 Å². The molecule has 0 saturated heterocycles. The molecule has 2 aromatic rings. The minimum Gasteiger partial charge on any atom is -0.444 e. The molecule has 1 atom stereocenters. The Bertz CT molecular complexity index is 965. The number of benzene rings is 1. The molecule has 1 aliphatic heterocycles. The van der Waals surface area contributed by atoms with Crippen LogP contribution in [0.25, 0.3) is 0 Å². The van der Waals surface area contributed by atoms with Crippen LogP contribution in [0.3, 0.4) is 0 Å². The summed E-state index contributed by atoms with van der Waals surface area (Å²) >= 11 is 7.74. The average molecular weight is 450 g/mol. The maximum atomic E-state index is 12.4. The third-order valence-electron chi connectivity index (χ3n) is 4.40. The largest absolute Gasteiger partial charge is 0.444 e. The average Bonchev–Trinajstić information content (AvgIpc) is 3.04. The quantitative estimate of drug-likeness (QED) is 0.677. The second kappa shape index (κ2) is 8.98. The fourth-order valence-corrected chi connectivity index (χ4v) is 4.04. The van der Waals surface area contributed by atoms with E-state index in [4.69, 9.17) is 21.4 Å². The molecule has 0 bridgehead atoms. The molecule has 0 radical (unpaired) electrons. The maximum absolute atomic E-state index is 12.4. The number of aryl methyl sites for hydroxylation is 1. The molecule has 9 heteroatoms. The lowest BCUT2D eigenvalue weighted by molar-refractivity contribution is 0.0494. The molecule has 3 rings (SSSR count). The van der Waals surface area contributed by atoms with Gasteiger partial charge in [-0.3, -0.25) is 0 Å². The van der Waals surface area contributed by atoms with E-state index in [-0.39, 0.29) is 6.04 Å². The van der Waals surface area contributed by atoms with Gasteiger partial charge in [0.05, 0.1) is 11.8 Å². The topological polar surface area (TPSA) is 81.4 Å². The zero-order valence-electron chi connectivity index (χ0n) is 18.2. The number of amides is 1. The monoisotopic (exact) mass is 449 g/mol.